The van der Waals surface area contributed by atoms with E-state index in [9.17, 15) is 9.59 Å². The SMILES string of the molecule is Nc1ccc(SCC(=O)NC(=O)c2ccc[nH]2)cc1Cl. The van der Waals surface area contributed by atoms with Crippen molar-refractivity contribution in [3.8, 4) is 0 Å². The van der Waals surface area contributed by atoms with Gasteiger partial charge in [-0.2, -0.15) is 0 Å². The van der Waals surface area contributed by atoms with E-state index in [-0.39, 0.29) is 11.7 Å². The molecule has 20 heavy (non-hydrogen) atoms. The number of aromatic nitrogens is 1. The number of hydrogen-bond donors (Lipinski definition) is 3. The van der Waals surface area contributed by atoms with Crippen LogP contribution in [-0.4, -0.2) is 22.6 Å². The van der Waals surface area contributed by atoms with Gasteiger partial charge < -0.3 is 10.7 Å². The largest absolute Gasteiger partial charge is 0.398 e. The summed E-state index contributed by atoms with van der Waals surface area (Å²) in [7, 11) is 0. The molecular formula is C13H12ClN3O2S. The predicted octanol–water partition coefficient (Wildman–Crippen LogP) is 2.30. The third kappa shape index (κ3) is 3.79. The van der Waals surface area contributed by atoms with Crippen LogP contribution in [0.15, 0.2) is 41.4 Å². The van der Waals surface area contributed by atoms with Crippen LogP contribution in [0.1, 0.15) is 10.5 Å². The average Bonchev–Trinajstić information content (AvgIpc) is 2.94. The maximum Gasteiger partial charge on any atom is 0.274 e. The number of carbonyl (C=O) groups excluding carboxylic acids is 2. The van der Waals surface area contributed by atoms with Gasteiger partial charge in [0.2, 0.25) is 5.91 Å². The van der Waals surface area contributed by atoms with Crippen molar-refractivity contribution >= 4 is 40.9 Å². The highest BCUT2D eigenvalue weighted by Gasteiger charge is 2.11. The van der Waals surface area contributed by atoms with E-state index in [2.05, 4.69) is 10.3 Å². The third-order valence-corrected chi connectivity index (χ3v) is 3.76. The normalized spacial score (nSPS) is 10.2. The fourth-order valence-electron chi connectivity index (χ4n) is 1.45. The Morgan fingerprint density at radius 2 is 2.15 bits per heavy atom. The number of hydrogen-bond acceptors (Lipinski definition) is 4. The van der Waals surface area contributed by atoms with Gasteiger partial charge in [0.05, 0.1) is 16.5 Å². The number of amides is 2. The number of halogens is 1. The quantitative estimate of drug-likeness (QED) is 0.597. The van der Waals surface area contributed by atoms with E-state index in [1.165, 1.54) is 11.8 Å². The minimum atomic E-state index is -0.448. The molecule has 2 amide bonds. The van der Waals surface area contributed by atoms with Crippen LogP contribution in [0.2, 0.25) is 5.02 Å². The van der Waals surface area contributed by atoms with Crippen LogP contribution in [0, 0.1) is 0 Å². The van der Waals surface area contributed by atoms with Crippen molar-refractivity contribution in [2.24, 2.45) is 0 Å². The van der Waals surface area contributed by atoms with Crippen LogP contribution in [0.25, 0.3) is 0 Å². The molecule has 0 fully saturated rings. The molecule has 0 aliphatic carbocycles. The van der Waals surface area contributed by atoms with E-state index >= 15 is 0 Å². The Balaban J connectivity index is 1.86. The molecule has 5 nitrogen and oxygen atoms in total. The number of thioether (sulfide) groups is 1. The summed E-state index contributed by atoms with van der Waals surface area (Å²) in [6.07, 6.45) is 1.62. The number of aromatic amines is 1. The monoisotopic (exact) mass is 309 g/mol. The van der Waals surface area contributed by atoms with Crippen LogP contribution >= 0.6 is 23.4 Å². The molecule has 1 aromatic heterocycles. The molecule has 1 aromatic carbocycles. The summed E-state index contributed by atoms with van der Waals surface area (Å²) in [5.74, 6) is -0.703. The number of nitrogens with two attached hydrogens (primary N) is 1. The average molecular weight is 310 g/mol. The first kappa shape index (κ1) is 14.5. The van der Waals surface area contributed by atoms with Gasteiger partial charge in [-0.1, -0.05) is 11.6 Å². The first-order valence-electron chi connectivity index (χ1n) is 5.71. The molecule has 0 atom stereocenters. The molecule has 0 spiro atoms. The number of imide groups is 1. The van der Waals surface area contributed by atoms with Crippen molar-refractivity contribution in [3.05, 3.63) is 47.2 Å². The van der Waals surface area contributed by atoms with Crippen molar-refractivity contribution in [2.75, 3.05) is 11.5 Å². The summed E-state index contributed by atoms with van der Waals surface area (Å²) in [6, 6.07) is 8.40. The van der Waals surface area contributed by atoms with E-state index < -0.39 is 5.91 Å². The fraction of sp³-hybridized carbons (Fsp3) is 0.0769. The molecule has 0 aliphatic rings. The maximum atomic E-state index is 11.6. The lowest BCUT2D eigenvalue weighted by atomic mass is 10.3. The lowest BCUT2D eigenvalue weighted by Gasteiger charge is -2.04. The summed E-state index contributed by atoms with van der Waals surface area (Å²) >= 11 is 7.16. The minimum Gasteiger partial charge on any atom is -0.398 e. The summed E-state index contributed by atoms with van der Waals surface area (Å²) in [4.78, 5) is 26.8. The highest BCUT2D eigenvalue weighted by Crippen LogP contribution is 2.26. The first-order valence-corrected chi connectivity index (χ1v) is 7.08. The summed E-state index contributed by atoms with van der Waals surface area (Å²) in [6.45, 7) is 0. The Morgan fingerprint density at radius 1 is 1.35 bits per heavy atom. The molecule has 104 valence electrons. The van der Waals surface area contributed by atoms with Gasteiger partial charge in [-0.25, -0.2) is 0 Å². The lowest BCUT2D eigenvalue weighted by molar-refractivity contribution is -0.117. The van der Waals surface area contributed by atoms with Gasteiger partial charge in [-0.15, -0.1) is 11.8 Å². The maximum absolute atomic E-state index is 11.6. The van der Waals surface area contributed by atoms with Gasteiger partial charge in [0.25, 0.3) is 5.91 Å². The topological polar surface area (TPSA) is 88.0 Å². The first-order chi connectivity index (χ1) is 9.56. The summed E-state index contributed by atoms with van der Waals surface area (Å²) in [5.41, 5.74) is 6.43. The highest BCUT2D eigenvalue weighted by molar-refractivity contribution is 8.00. The van der Waals surface area contributed by atoms with Gasteiger partial charge in [-0.3, -0.25) is 14.9 Å². The van der Waals surface area contributed by atoms with Gasteiger partial charge in [0.15, 0.2) is 0 Å². The van der Waals surface area contributed by atoms with E-state index in [1.54, 1.807) is 36.5 Å². The third-order valence-electron chi connectivity index (χ3n) is 2.44. The second-order valence-corrected chi connectivity index (χ2v) is 5.39. The molecule has 0 bridgehead atoms. The van der Waals surface area contributed by atoms with Gasteiger partial charge in [0, 0.05) is 11.1 Å². The standard InChI is InChI=1S/C13H12ClN3O2S/c14-9-6-8(3-4-10(9)15)20-7-12(18)17-13(19)11-2-1-5-16-11/h1-6,16H,7,15H2,(H,17,18,19). The molecule has 0 aliphatic heterocycles. The lowest BCUT2D eigenvalue weighted by Crippen LogP contribution is -2.32. The van der Waals surface area contributed by atoms with E-state index in [0.717, 1.165) is 4.90 Å². The number of anilines is 1. The van der Waals surface area contributed by atoms with Crippen molar-refractivity contribution in [2.45, 2.75) is 4.90 Å². The van der Waals surface area contributed by atoms with E-state index in [4.69, 9.17) is 17.3 Å². The van der Waals surface area contributed by atoms with Gasteiger partial charge >= 0.3 is 0 Å². The number of benzene rings is 1. The molecule has 4 N–H and O–H groups in total. The molecule has 2 aromatic rings. The van der Waals surface area contributed by atoms with Gasteiger partial charge in [-0.05, 0) is 30.3 Å². The summed E-state index contributed by atoms with van der Waals surface area (Å²) < 4.78 is 0. The molecule has 7 heteroatoms. The van der Waals surface area contributed by atoms with Crippen LogP contribution in [0.5, 0.6) is 0 Å². The molecule has 0 unspecified atom stereocenters. The Hall–Kier alpha value is -1.92. The van der Waals surface area contributed by atoms with Crippen molar-refractivity contribution < 1.29 is 9.59 Å². The minimum absolute atomic E-state index is 0.118. The predicted molar refractivity (Wildman–Crippen MR) is 79.9 cm³/mol. The van der Waals surface area contributed by atoms with Gasteiger partial charge in [0.1, 0.15) is 5.69 Å². The van der Waals surface area contributed by atoms with Crippen LogP contribution < -0.4 is 11.1 Å². The molecule has 0 radical (unpaired) electrons. The highest BCUT2D eigenvalue weighted by atomic mass is 35.5. The second kappa shape index (κ2) is 6.49. The number of nitrogen functional groups attached to an aromatic ring is 1. The van der Waals surface area contributed by atoms with E-state index in [0.29, 0.717) is 16.4 Å². The summed E-state index contributed by atoms with van der Waals surface area (Å²) in [5, 5.41) is 2.73. The Kier molecular flexibility index (Phi) is 4.70. The Labute approximate surface area is 124 Å². The van der Waals surface area contributed by atoms with Crippen LogP contribution in [0.3, 0.4) is 0 Å². The van der Waals surface area contributed by atoms with Crippen LogP contribution in [0.4, 0.5) is 5.69 Å². The zero-order chi connectivity index (χ0) is 14.5. The van der Waals surface area contributed by atoms with Crippen LogP contribution in [-0.2, 0) is 4.79 Å². The number of H-pyrrole nitrogens is 1. The second-order valence-electron chi connectivity index (χ2n) is 3.93. The smallest absolute Gasteiger partial charge is 0.274 e. The molecule has 0 saturated heterocycles. The zero-order valence-electron chi connectivity index (χ0n) is 10.4. The number of nitrogens with one attached hydrogen (secondary N) is 2. The molecule has 1 heterocycles. The van der Waals surface area contributed by atoms with E-state index in [1.807, 2.05) is 0 Å². The molecule has 0 saturated carbocycles. The fourth-order valence-corrected chi connectivity index (χ4v) is 2.43. The molecule has 2 rings (SSSR count). The molecular weight excluding hydrogens is 298 g/mol. The number of rotatable bonds is 4. The van der Waals surface area contributed by atoms with Crippen molar-refractivity contribution in [1.82, 2.24) is 10.3 Å². The Bertz CT molecular complexity index is 629. The Morgan fingerprint density at radius 3 is 2.80 bits per heavy atom. The van der Waals surface area contributed by atoms with Crippen molar-refractivity contribution in [3.63, 3.8) is 0 Å². The van der Waals surface area contributed by atoms with Crippen molar-refractivity contribution in [1.29, 1.82) is 0 Å². The zero-order valence-corrected chi connectivity index (χ0v) is 11.9. The number of carbonyl (C=O) groups is 2.